The van der Waals surface area contributed by atoms with Gasteiger partial charge in [-0.05, 0) is 25.0 Å². The minimum Gasteiger partial charge on any atom is -0.469 e. The van der Waals surface area contributed by atoms with Gasteiger partial charge in [0, 0.05) is 12.8 Å². The minimum atomic E-state index is -0.389. The largest absolute Gasteiger partial charge is 0.469 e. The van der Waals surface area contributed by atoms with Crippen molar-refractivity contribution in [2.24, 2.45) is 0 Å². The lowest BCUT2D eigenvalue weighted by atomic mass is 10.1. The zero-order valence-corrected chi connectivity index (χ0v) is 10.6. The van der Waals surface area contributed by atoms with Crippen molar-refractivity contribution < 1.29 is 14.3 Å². The topological polar surface area (TPSA) is 62.5 Å². The summed E-state index contributed by atoms with van der Waals surface area (Å²) < 4.78 is 5.19. The van der Waals surface area contributed by atoms with Crippen LogP contribution in [0.5, 0.6) is 0 Å². The van der Waals surface area contributed by atoms with Crippen molar-refractivity contribution in [1.29, 1.82) is 0 Å². The third-order valence-corrected chi connectivity index (χ3v) is 3.50. The van der Waals surface area contributed by atoms with E-state index < -0.39 is 0 Å². The van der Waals surface area contributed by atoms with E-state index in [-0.39, 0.29) is 18.1 Å². The van der Waals surface area contributed by atoms with Gasteiger partial charge in [-0.15, -0.1) is 0 Å². The number of aliphatic hydroxyl groups is 1. The van der Waals surface area contributed by atoms with Gasteiger partial charge in [0.05, 0.1) is 18.4 Å². The predicted molar refractivity (Wildman–Crippen MR) is 68.1 cm³/mol. The molecule has 2 atom stereocenters. The first-order chi connectivity index (χ1) is 8.75. The summed E-state index contributed by atoms with van der Waals surface area (Å²) in [5.41, 5.74) is 0. The third-order valence-electron chi connectivity index (χ3n) is 3.50. The van der Waals surface area contributed by atoms with Gasteiger partial charge in [0.15, 0.2) is 0 Å². The van der Waals surface area contributed by atoms with Crippen LogP contribution >= 0.6 is 0 Å². The molecule has 4 heteroatoms. The first-order valence-electron chi connectivity index (χ1n) is 6.75. The molecule has 2 N–H and O–H groups in total. The Balaban J connectivity index is 1.75. The first-order valence-corrected chi connectivity index (χ1v) is 6.75. The summed E-state index contributed by atoms with van der Waals surface area (Å²) in [4.78, 5) is 11.8. The van der Waals surface area contributed by atoms with Crippen molar-refractivity contribution in [3.8, 4) is 0 Å². The van der Waals surface area contributed by atoms with E-state index in [1.807, 2.05) is 12.1 Å². The van der Waals surface area contributed by atoms with Crippen LogP contribution in [-0.2, 0) is 11.2 Å². The zero-order valence-electron chi connectivity index (χ0n) is 10.6. The number of hydrogen-bond donors (Lipinski definition) is 2. The summed E-state index contributed by atoms with van der Waals surface area (Å²) in [6, 6.07) is 3.62. The summed E-state index contributed by atoms with van der Waals surface area (Å²) in [6.07, 6.45) is 7.22. The monoisotopic (exact) mass is 251 g/mol. The first kappa shape index (κ1) is 13.1. The van der Waals surface area contributed by atoms with Crippen LogP contribution in [0.25, 0.3) is 0 Å². The van der Waals surface area contributed by atoms with E-state index in [2.05, 4.69) is 5.32 Å². The van der Waals surface area contributed by atoms with E-state index in [4.69, 9.17) is 4.42 Å². The van der Waals surface area contributed by atoms with Gasteiger partial charge in [0.1, 0.15) is 5.76 Å². The lowest BCUT2D eigenvalue weighted by Gasteiger charge is -2.21. The number of amides is 1. The van der Waals surface area contributed by atoms with Gasteiger partial charge < -0.3 is 14.8 Å². The summed E-state index contributed by atoms with van der Waals surface area (Å²) in [5.74, 6) is 0.823. The van der Waals surface area contributed by atoms with Crippen molar-refractivity contribution in [2.45, 2.75) is 57.1 Å². The molecule has 1 fully saturated rings. The average Bonchev–Trinajstić information content (AvgIpc) is 2.80. The molecular weight excluding hydrogens is 230 g/mol. The van der Waals surface area contributed by atoms with Gasteiger partial charge in [-0.25, -0.2) is 0 Å². The standard InChI is InChI=1S/C14H21NO3/c16-13-7-3-1-2-6-12(13)15-14(17)9-8-11-5-4-10-18-11/h4-5,10,12-13,16H,1-3,6-9H2,(H,15,17). The van der Waals surface area contributed by atoms with Gasteiger partial charge >= 0.3 is 0 Å². The molecule has 1 saturated carbocycles. The predicted octanol–water partition coefficient (Wildman–Crippen LogP) is 2.02. The molecule has 0 spiro atoms. The number of hydrogen-bond acceptors (Lipinski definition) is 3. The maximum atomic E-state index is 11.8. The Kier molecular flexibility index (Phi) is 4.81. The molecule has 18 heavy (non-hydrogen) atoms. The van der Waals surface area contributed by atoms with Crippen LogP contribution < -0.4 is 5.32 Å². The number of aliphatic hydroxyl groups excluding tert-OH is 1. The highest BCUT2D eigenvalue weighted by molar-refractivity contribution is 5.76. The number of rotatable bonds is 4. The van der Waals surface area contributed by atoms with E-state index in [1.54, 1.807) is 6.26 Å². The summed E-state index contributed by atoms with van der Waals surface area (Å²) in [5, 5.41) is 12.9. The highest BCUT2D eigenvalue weighted by atomic mass is 16.3. The van der Waals surface area contributed by atoms with E-state index in [0.29, 0.717) is 12.8 Å². The second kappa shape index (κ2) is 6.59. The fraction of sp³-hybridized carbons (Fsp3) is 0.643. The van der Waals surface area contributed by atoms with Gasteiger partial charge in [-0.3, -0.25) is 4.79 Å². The molecular formula is C14H21NO3. The normalized spacial score (nSPS) is 24.5. The maximum Gasteiger partial charge on any atom is 0.220 e. The Labute approximate surface area is 107 Å². The molecule has 1 aromatic heterocycles. The molecule has 0 bridgehead atoms. The van der Waals surface area contributed by atoms with Crippen molar-refractivity contribution in [2.75, 3.05) is 0 Å². The number of carbonyl (C=O) groups is 1. The van der Waals surface area contributed by atoms with Crippen LogP contribution in [0.2, 0.25) is 0 Å². The fourth-order valence-corrected chi connectivity index (χ4v) is 2.43. The average molecular weight is 251 g/mol. The van der Waals surface area contributed by atoms with Crippen LogP contribution in [0, 0.1) is 0 Å². The van der Waals surface area contributed by atoms with E-state index in [0.717, 1.165) is 37.9 Å². The van der Waals surface area contributed by atoms with Gasteiger partial charge in [0.2, 0.25) is 5.91 Å². The number of aryl methyl sites for hydroxylation is 1. The summed E-state index contributed by atoms with van der Waals surface area (Å²) in [6.45, 7) is 0. The molecule has 1 aliphatic rings. The van der Waals surface area contributed by atoms with Crippen molar-refractivity contribution in [3.05, 3.63) is 24.2 Å². The van der Waals surface area contributed by atoms with Gasteiger partial charge in [-0.2, -0.15) is 0 Å². The Morgan fingerprint density at radius 1 is 1.39 bits per heavy atom. The van der Waals surface area contributed by atoms with E-state index in [1.165, 1.54) is 0 Å². The molecule has 1 amide bonds. The molecule has 0 aromatic carbocycles. The highest BCUT2D eigenvalue weighted by Crippen LogP contribution is 2.18. The van der Waals surface area contributed by atoms with Crippen LogP contribution in [0.15, 0.2) is 22.8 Å². The Morgan fingerprint density at radius 2 is 2.22 bits per heavy atom. The van der Waals surface area contributed by atoms with Crippen LogP contribution in [0.3, 0.4) is 0 Å². The smallest absolute Gasteiger partial charge is 0.220 e. The number of furan rings is 1. The SMILES string of the molecule is O=C(CCc1ccco1)NC1CCCCCC1O. The van der Waals surface area contributed by atoms with Crippen molar-refractivity contribution >= 4 is 5.91 Å². The molecule has 4 nitrogen and oxygen atoms in total. The molecule has 1 aliphatic carbocycles. The third kappa shape index (κ3) is 3.88. The van der Waals surface area contributed by atoms with E-state index in [9.17, 15) is 9.90 Å². The highest BCUT2D eigenvalue weighted by Gasteiger charge is 2.22. The lowest BCUT2D eigenvalue weighted by Crippen LogP contribution is -2.42. The number of carbonyl (C=O) groups excluding carboxylic acids is 1. The Morgan fingerprint density at radius 3 is 3.00 bits per heavy atom. The molecule has 0 aliphatic heterocycles. The molecule has 0 radical (unpaired) electrons. The quantitative estimate of drug-likeness (QED) is 0.805. The van der Waals surface area contributed by atoms with Crippen molar-refractivity contribution in [3.63, 3.8) is 0 Å². The zero-order chi connectivity index (χ0) is 12.8. The van der Waals surface area contributed by atoms with Crippen molar-refractivity contribution in [1.82, 2.24) is 5.32 Å². The summed E-state index contributed by atoms with van der Waals surface area (Å²) in [7, 11) is 0. The number of nitrogens with one attached hydrogen (secondary N) is 1. The van der Waals surface area contributed by atoms with Gasteiger partial charge in [-0.1, -0.05) is 19.3 Å². The second-order valence-electron chi connectivity index (χ2n) is 4.96. The molecule has 1 aromatic rings. The van der Waals surface area contributed by atoms with Crippen LogP contribution in [0.1, 0.15) is 44.3 Å². The lowest BCUT2D eigenvalue weighted by molar-refractivity contribution is -0.122. The Bertz CT molecular complexity index is 361. The molecule has 100 valence electrons. The molecule has 2 unspecified atom stereocenters. The second-order valence-corrected chi connectivity index (χ2v) is 4.96. The van der Waals surface area contributed by atoms with E-state index >= 15 is 0 Å². The molecule has 0 saturated heterocycles. The van der Waals surface area contributed by atoms with Crippen LogP contribution in [-0.4, -0.2) is 23.2 Å². The van der Waals surface area contributed by atoms with Crippen LogP contribution in [0.4, 0.5) is 0 Å². The summed E-state index contributed by atoms with van der Waals surface area (Å²) >= 11 is 0. The Hall–Kier alpha value is -1.29. The molecule has 1 heterocycles. The minimum absolute atomic E-state index is 0.00245. The molecule has 2 rings (SSSR count). The maximum absolute atomic E-state index is 11.8. The van der Waals surface area contributed by atoms with Gasteiger partial charge in [0.25, 0.3) is 0 Å². The fourth-order valence-electron chi connectivity index (χ4n) is 2.43.